The molecule has 0 saturated carbocycles. The Kier molecular flexibility index (Phi) is 2.78. The Hall–Kier alpha value is -0.380. The van der Waals surface area contributed by atoms with Gasteiger partial charge < -0.3 is 10.1 Å². The topological polar surface area (TPSA) is 21.3 Å². The van der Waals surface area contributed by atoms with Crippen LogP contribution in [0.15, 0.2) is 6.07 Å². The quantitative estimate of drug-likeness (QED) is 0.810. The van der Waals surface area contributed by atoms with Gasteiger partial charge in [0.15, 0.2) is 0 Å². The molecule has 3 heterocycles. The zero-order valence-corrected chi connectivity index (χ0v) is 10.7. The molecular formula is C13H19NOS. The molecule has 2 aliphatic heterocycles. The van der Waals surface area contributed by atoms with Crippen molar-refractivity contribution in [3.05, 3.63) is 21.4 Å². The molecule has 1 saturated heterocycles. The van der Waals surface area contributed by atoms with E-state index in [-0.39, 0.29) is 5.60 Å². The number of aryl methyl sites for hydroxylation is 1. The molecule has 3 heteroatoms. The smallest absolute Gasteiger partial charge is 0.107 e. The first-order chi connectivity index (χ1) is 7.84. The maximum Gasteiger partial charge on any atom is 0.107 e. The molecule has 1 atom stereocenters. The van der Waals surface area contributed by atoms with Crippen molar-refractivity contribution in [1.29, 1.82) is 0 Å². The number of rotatable bonds is 1. The maximum absolute atomic E-state index is 6.13. The molecule has 1 N–H and O–H groups in total. The van der Waals surface area contributed by atoms with Crippen LogP contribution in [-0.2, 0) is 23.2 Å². The zero-order chi connectivity index (χ0) is 11.0. The van der Waals surface area contributed by atoms with Crippen LogP contribution in [-0.4, -0.2) is 19.7 Å². The molecular weight excluding hydrogens is 218 g/mol. The first kappa shape index (κ1) is 10.8. The van der Waals surface area contributed by atoms with Gasteiger partial charge in [-0.2, -0.15) is 0 Å². The standard InChI is InChI=1S/C13H19NOS/c1-2-10-8-11-12(16-10)4-7-15-13(11)5-3-6-14-9-13/h8,14H,2-7,9H2,1H3. The van der Waals surface area contributed by atoms with Crippen molar-refractivity contribution in [2.24, 2.45) is 0 Å². The average molecular weight is 237 g/mol. The molecule has 0 amide bonds. The summed E-state index contributed by atoms with van der Waals surface area (Å²) in [5.41, 5.74) is 1.50. The van der Waals surface area contributed by atoms with Gasteiger partial charge >= 0.3 is 0 Å². The monoisotopic (exact) mass is 237 g/mol. The molecule has 88 valence electrons. The first-order valence-electron chi connectivity index (χ1n) is 6.31. The average Bonchev–Trinajstić information content (AvgIpc) is 2.75. The Balaban J connectivity index is 2.00. The third-order valence-corrected chi connectivity index (χ3v) is 5.09. The van der Waals surface area contributed by atoms with Crippen molar-refractivity contribution in [1.82, 2.24) is 5.32 Å². The molecule has 1 fully saturated rings. The molecule has 1 unspecified atom stereocenters. The minimum absolute atomic E-state index is 0.00968. The molecule has 0 radical (unpaired) electrons. The Morgan fingerprint density at radius 1 is 1.56 bits per heavy atom. The second-order valence-electron chi connectivity index (χ2n) is 4.78. The van der Waals surface area contributed by atoms with E-state index >= 15 is 0 Å². The Morgan fingerprint density at radius 2 is 2.50 bits per heavy atom. The summed E-state index contributed by atoms with van der Waals surface area (Å²) in [6.07, 6.45) is 4.69. The minimum Gasteiger partial charge on any atom is -0.369 e. The van der Waals surface area contributed by atoms with Gasteiger partial charge in [-0.05, 0) is 37.4 Å². The van der Waals surface area contributed by atoms with E-state index in [9.17, 15) is 0 Å². The van der Waals surface area contributed by atoms with Gasteiger partial charge in [-0.15, -0.1) is 11.3 Å². The van der Waals surface area contributed by atoms with Gasteiger partial charge in [0, 0.05) is 22.7 Å². The van der Waals surface area contributed by atoms with Crippen molar-refractivity contribution in [2.45, 2.75) is 38.2 Å². The Bertz CT molecular complexity index is 379. The lowest BCUT2D eigenvalue weighted by molar-refractivity contribution is -0.0739. The van der Waals surface area contributed by atoms with E-state index in [1.54, 1.807) is 4.88 Å². The SMILES string of the molecule is CCc1cc2c(s1)CCOC21CCCNC1. The van der Waals surface area contributed by atoms with Gasteiger partial charge in [0.2, 0.25) is 0 Å². The molecule has 0 bridgehead atoms. The van der Waals surface area contributed by atoms with Gasteiger partial charge in [0.25, 0.3) is 0 Å². The molecule has 2 nitrogen and oxygen atoms in total. The van der Waals surface area contributed by atoms with Crippen LogP contribution in [0.1, 0.15) is 35.1 Å². The van der Waals surface area contributed by atoms with Crippen molar-refractivity contribution in [2.75, 3.05) is 19.7 Å². The Morgan fingerprint density at radius 3 is 3.25 bits per heavy atom. The highest BCUT2D eigenvalue weighted by atomic mass is 32.1. The van der Waals surface area contributed by atoms with Crippen molar-refractivity contribution in [3.8, 4) is 0 Å². The lowest BCUT2D eigenvalue weighted by Gasteiger charge is -2.40. The van der Waals surface area contributed by atoms with Gasteiger partial charge in [-0.3, -0.25) is 0 Å². The van der Waals surface area contributed by atoms with E-state index in [4.69, 9.17) is 4.74 Å². The number of hydrogen-bond acceptors (Lipinski definition) is 3. The van der Waals surface area contributed by atoms with E-state index in [1.807, 2.05) is 11.3 Å². The van der Waals surface area contributed by atoms with Crippen LogP contribution in [0.25, 0.3) is 0 Å². The lowest BCUT2D eigenvalue weighted by atomic mass is 9.84. The highest BCUT2D eigenvalue weighted by molar-refractivity contribution is 7.12. The van der Waals surface area contributed by atoms with Crippen LogP contribution in [0, 0.1) is 0 Å². The van der Waals surface area contributed by atoms with Crippen LogP contribution < -0.4 is 5.32 Å². The second kappa shape index (κ2) is 4.13. The number of fused-ring (bicyclic) bond motifs is 2. The third-order valence-electron chi connectivity index (χ3n) is 3.75. The fraction of sp³-hybridized carbons (Fsp3) is 0.692. The van der Waals surface area contributed by atoms with E-state index < -0.39 is 0 Å². The molecule has 0 aromatic carbocycles. The minimum atomic E-state index is 0.00968. The predicted octanol–water partition coefficient (Wildman–Crippen LogP) is 2.46. The molecule has 0 aliphatic carbocycles. The van der Waals surface area contributed by atoms with E-state index in [2.05, 4.69) is 18.3 Å². The van der Waals surface area contributed by atoms with Crippen molar-refractivity contribution < 1.29 is 4.74 Å². The van der Waals surface area contributed by atoms with E-state index in [1.165, 1.54) is 23.3 Å². The molecule has 1 aromatic rings. The normalized spacial score (nSPS) is 29.3. The van der Waals surface area contributed by atoms with Gasteiger partial charge in [0.05, 0.1) is 6.61 Å². The van der Waals surface area contributed by atoms with Crippen LogP contribution in [0.5, 0.6) is 0 Å². The van der Waals surface area contributed by atoms with E-state index in [0.717, 1.165) is 32.5 Å². The molecule has 1 spiro atoms. The summed E-state index contributed by atoms with van der Waals surface area (Å²) < 4.78 is 6.13. The van der Waals surface area contributed by atoms with Gasteiger partial charge in [0.1, 0.15) is 5.60 Å². The molecule has 16 heavy (non-hydrogen) atoms. The van der Waals surface area contributed by atoms with Crippen LogP contribution in [0.2, 0.25) is 0 Å². The highest BCUT2D eigenvalue weighted by Gasteiger charge is 2.40. The fourth-order valence-electron chi connectivity index (χ4n) is 2.88. The number of nitrogens with one attached hydrogen (secondary N) is 1. The number of hydrogen-bond donors (Lipinski definition) is 1. The summed E-state index contributed by atoms with van der Waals surface area (Å²) in [6, 6.07) is 2.40. The fourth-order valence-corrected chi connectivity index (χ4v) is 4.06. The number of piperidine rings is 1. The van der Waals surface area contributed by atoms with Crippen molar-refractivity contribution >= 4 is 11.3 Å². The largest absolute Gasteiger partial charge is 0.369 e. The summed E-state index contributed by atoms with van der Waals surface area (Å²) in [4.78, 5) is 3.09. The Labute approximate surface area is 101 Å². The van der Waals surface area contributed by atoms with Crippen LogP contribution >= 0.6 is 11.3 Å². The summed E-state index contributed by atoms with van der Waals surface area (Å²) in [5, 5.41) is 3.49. The van der Waals surface area contributed by atoms with Crippen molar-refractivity contribution in [3.63, 3.8) is 0 Å². The second-order valence-corrected chi connectivity index (χ2v) is 6.00. The number of ether oxygens (including phenoxy) is 1. The zero-order valence-electron chi connectivity index (χ0n) is 9.84. The van der Waals surface area contributed by atoms with Crippen LogP contribution in [0.3, 0.4) is 0 Å². The summed E-state index contributed by atoms with van der Waals surface area (Å²) in [7, 11) is 0. The molecule has 2 aliphatic rings. The summed E-state index contributed by atoms with van der Waals surface area (Å²) in [5.74, 6) is 0. The first-order valence-corrected chi connectivity index (χ1v) is 7.12. The molecule has 3 rings (SSSR count). The maximum atomic E-state index is 6.13. The van der Waals surface area contributed by atoms with Crippen LogP contribution in [0.4, 0.5) is 0 Å². The predicted molar refractivity (Wildman–Crippen MR) is 67.1 cm³/mol. The lowest BCUT2D eigenvalue weighted by Crippen LogP contribution is -2.47. The number of thiophene rings is 1. The third kappa shape index (κ3) is 1.62. The van der Waals surface area contributed by atoms with E-state index in [0.29, 0.717) is 0 Å². The summed E-state index contributed by atoms with van der Waals surface area (Å²) >= 11 is 2.00. The highest BCUT2D eigenvalue weighted by Crippen LogP contribution is 2.41. The van der Waals surface area contributed by atoms with Gasteiger partial charge in [-0.25, -0.2) is 0 Å². The summed E-state index contributed by atoms with van der Waals surface area (Å²) in [6.45, 7) is 5.29. The molecule has 1 aromatic heterocycles. The van der Waals surface area contributed by atoms with Gasteiger partial charge in [-0.1, -0.05) is 6.92 Å².